The van der Waals surface area contributed by atoms with E-state index in [0.717, 1.165) is 31.7 Å². The molecule has 0 saturated heterocycles. The predicted octanol–water partition coefficient (Wildman–Crippen LogP) is 3.18. The van der Waals surface area contributed by atoms with E-state index in [1.165, 1.54) is 29.4 Å². The Morgan fingerprint density at radius 1 is 1.06 bits per heavy atom. The van der Waals surface area contributed by atoms with Gasteiger partial charge >= 0.3 is 0 Å². The van der Waals surface area contributed by atoms with Crippen molar-refractivity contribution in [3.05, 3.63) is 59.9 Å². The van der Waals surface area contributed by atoms with Crippen LogP contribution in [0.2, 0.25) is 0 Å². The van der Waals surface area contributed by atoms with E-state index in [4.69, 9.17) is 0 Å². The number of rotatable bonds is 6. The molecular weight excluding hydrogens is 399 g/mol. The highest BCUT2D eigenvalue weighted by Gasteiger charge is 2.18. The number of nitrogens with one attached hydrogen (secondary N) is 2. The summed E-state index contributed by atoms with van der Waals surface area (Å²) in [6, 6.07) is 12.6. The second kappa shape index (κ2) is 9.46. The van der Waals surface area contributed by atoms with Gasteiger partial charge in [0.1, 0.15) is 12.4 Å². The molecule has 2 aromatic carbocycles. The predicted molar refractivity (Wildman–Crippen MR) is 113 cm³/mol. The Morgan fingerprint density at radius 3 is 2.68 bits per heavy atom. The maximum atomic E-state index is 13.4. The van der Waals surface area contributed by atoms with Crippen molar-refractivity contribution in [1.29, 1.82) is 0 Å². The number of carbonyl (C=O) groups excluding carboxylic acids is 2. The molecular formula is C22H23FN6O2. The van der Waals surface area contributed by atoms with Crippen molar-refractivity contribution in [3.8, 4) is 11.4 Å². The lowest BCUT2D eigenvalue weighted by Gasteiger charge is -2.22. The third-order valence-electron chi connectivity index (χ3n) is 5.21. The third kappa shape index (κ3) is 5.30. The normalized spacial score (nSPS) is 14.2. The molecule has 4 rings (SSSR count). The van der Waals surface area contributed by atoms with Gasteiger partial charge in [0.15, 0.2) is 0 Å². The highest BCUT2D eigenvalue weighted by molar-refractivity contribution is 6.06. The lowest BCUT2D eigenvalue weighted by Crippen LogP contribution is -2.38. The van der Waals surface area contributed by atoms with Crippen LogP contribution in [0.5, 0.6) is 0 Å². The second-order valence-corrected chi connectivity index (χ2v) is 7.56. The monoisotopic (exact) mass is 422 g/mol. The number of hydrogen-bond acceptors (Lipinski definition) is 5. The molecule has 0 atom stereocenters. The molecule has 0 spiro atoms. The fourth-order valence-corrected chi connectivity index (χ4v) is 3.68. The molecule has 3 aromatic rings. The van der Waals surface area contributed by atoms with Crippen molar-refractivity contribution in [2.45, 2.75) is 44.7 Å². The summed E-state index contributed by atoms with van der Waals surface area (Å²) in [5.74, 6) is -0.813. The summed E-state index contributed by atoms with van der Waals surface area (Å²) in [7, 11) is 0. The number of carbonyl (C=O) groups is 2. The minimum atomic E-state index is -0.489. The number of para-hydroxylation sites is 1. The first-order chi connectivity index (χ1) is 15.1. The highest BCUT2D eigenvalue weighted by atomic mass is 19.1. The van der Waals surface area contributed by atoms with Gasteiger partial charge in [-0.3, -0.25) is 9.59 Å². The van der Waals surface area contributed by atoms with E-state index < -0.39 is 11.7 Å². The van der Waals surface area contributed by atoms with Crippen LogP contribution in [0.4, 0.5) is 10.1 Å². The van der Waals surface area contributed by atoms with Gasteiger partial charge in [0.2, 0.25) is 11.7 Å². The Labute approximate surface area is 178 Å². The summed E-state index contributed by atoms with van der Waals surface area (Å²) < 4.78 is 13.4. The van der Waals surface area contributed by atoms with Gasteiger partial charge in [-0.15, -0.1) is 10.2 Å². The summed E-state index contributed by atoms with van der Waals surface area (Å²) in [5, 5.41) is 18.1. The van der Waals surface area contributed by atoms with Crippen LogP contribution in [0.25, 0.3) is 11.4 Å². The number of nitrogens with zero attached hydrogens (tertiary/aromatic N) is 4. The van der Waals surface area contributed by atoms with Gasteiger partial charge in [0.05, 0.1) is 5.69 Å². The van der Waals surface area contributed by atoms with Gasteiger partial charge in [0, 0.05) is 17.2 Å². The Hall–Kier alpha value is -3.62. The van der Waals surface area contributed by atoms with Crippen LogP contribution >= 0.6 is 0 Å². The molecule has 1 aliphatic carbocycles. The fraction of sp³-hybridized carbons (Fsp3) is 0.318. The third-order valence-corrected chi connectivity index (χ3v) is 5.21. The zero-order valence-electron chi connectivity index (χ0n) is 16.9. The maximum Gasteiger partial charge on any atom is 0.255 e. The molecule has 2 N–H and O–H groups in total. The number of tetrazole rings is 1. The van der Waals surface area contributed by atoms with Crippen molar-refractivity contribution in [1.82, 2.24) is 25.5 Å². The molecule has 0 aliphatic heterocycles. The largest absolute Gasteiger partial charge is 0.352 e. The molecule has 0 bridgehead atoms. The van der Waals surface area contributed by atoms with E-state index in [1.54, 1.807) is 24.3 Å². The molecule has 1 aromatic heterocycles. The van der Waals surface area contributed by atoms with E-state index in [-0.39, 0.29) is 29.9 Å². The lowest BCUT2D eigenvalue weighted by atomic mass is 9.95. The van der Waals surface area contributed by atoms with Crippen LogP contribution < -0.4 is 10.6 Å². The summed E-state index contributed by atoms with van der Waals surface area (Å²) in [6.07, 6.45) is 5.49. The minimum Gasteiger partial charge on any atom is -0.352 e. The Kier molecular flexibility index (Phi) is 6.30. The molecule has 0 radical (unpaired) electrons. The first kappa shape index (κ1) is 20.6. The van der Waals surface area contributed by atoms with E-state index in [9.17, 15) is 14.0 Å². The molecule has 9 heteroatoms. The van der Waals surface area contributed by atoms with E-state index in [0.29, 0.717) is 11.3 Å². The molecule has 0 unspecified atom stereocenters. The average molecular weight is 422 g/mol. The van der Waals surface area contributed by atoms with Gasteiger partial charge in [-0.05, 0) is 48.4 Å². The topological polar surface area (TPSA) is 102 Å². The molecule has 1 heterocycles. The smallest absolute Gasteiger partial charge is 0.255 e. The number of hydrogen-bond donors (Lipinski definition) is 2. The van der Waals surface area contributed by atoms with E-state index in [1.807, 2.05) is 0 Å². The molecule has 8 nitrogen and oxygen atoms in total. The molecule has 160 valence electrons. The SMILES string of the molecule is O=C(Cn1nnc(-c2ccccc2NC(=O)c2cccc(F)c2)n1)NC1CCCCC1. The Balaban J connectivity index is 1.45. The standard InChI is InChI=1S/C22H23FN6O2/c23-16-8-6-7-15(13-16)22(31)25-19-12-5-4-11-18(19)21-26-28-29(27-21)14-20(30)24-17-9-2-1-3-10-17/h4-8,11-13,17H,1-3,9-10,14H2,(H,24,30)(H,25,31). The highest BCUT2D eigenvalue weighted by Crippen LogP contribution is 2.25. The average Bonchev–Trinajstić information content (AvgIpc) is 3.23. The zero-order chi connectivity index (χ0) is 21.6. The number of amides is 2. The van der Waals surface area contributed by atoms with Crippen molar-refractivity contribution in [2.75, 3.05) is 5.32 Å². The Bertz CT molecular complexity index is 1080. The summed E-state index contributed by atoms with van der Waals surface area (Å²) in [6.45, 7) is -0.0265. The first-order valence-corrected chi connectivity index (χ1v) is 10.3. The summed E-state index contributed by atoms with van der Waals surface area (Å²) in [4.78, 5) is 26.0. The van der Waals surface area contributed by atoms with Crippen LogP contribution in [0.3, 0.4) is 0 Å². The van der Waals surface area contributed by atoms with Gasteiger partial charge in [-0.25, -0.2) is 4.39 Å². The van der Waals surface area contributed by atoms with Crippen LogP contribution in [-0.2, 0) is 11.3 Å². The Morgan fingerprint density at radius 2 is 1.87 bits per heavy atom. The van der Waals surface area contributed by atoms with Gasteiger partial charge in [-0.2, -0.15) is 4.80 Å². The van der Waals surface area contributed by atoms with Crippen molar-refractivity contribution in [2.24, 2.45) is 0 Å². The van der Waals surface area contributed by atoms with Crippen LogP contribution in [0.1, 0.15) is 42.5 Å². The molecule has 1 aliphatic rings. The fourth-order valence-electron chi connectivity index (χ4n) is 3.68. The summed E-state index contributed by atoms with van der Waals surface area (Å²) in [5.41, 5.74) is 1.21. The van der Waals surface area contributed by atoms with Crippen LogP contribution in [-0.4, -0.2) is 38.1 Å². The van der Waals surface area contributed by atoms with Crippen LogP contribution in [0.15, 0.2) is 48.5 Å². The van der Waals surface area contributed by atoms with E-state index in [2.05, 4.69) is 26.0 Å². The number of anilines is 1. The minimum absolute atomic E-state index is 0.0265. The van der Waals surface area contributed by atoms with Crippen molar-refractivity contribution in [3.63, 3.8) is 0 Å². The molecule has 31 heavy (non-hydrogen) atoms. The molecule has 2 amide bonds. The lowest BCUT2D eigenvalue weighted by molar-refractivity contribution is -0.123. The van der Waals surface area contributed by atoms with Crippen molar-refractivity contribution >= 4 is 17.5 Å². The second-order valence-electron chi connectivity index (χ2n) is 7.56. The number of halogens is 1. The van der Waals surface area contributed by atoms with Gasteiger partial charge < -0.3 is 10.6 Å². The molecule has 1 saturated carbocycles. The van der Waals surface area contributed by atoms with Crippen molar-refractivity contribution < 1.29 is 14.0 Å². The van der Waals surface area contributed by atoms with Gasteiger partial charge in [0.25, 0.3) is 5.91 Å². The van der Waals surface area contributed by atoms with Gasteiger partial charge in [-0.1, -0.05) is 37.5 Å². The number of aromatic nitrogens is 4. The number of benzene rings is 2. The quantitative estimate of drug-likeness (QED) is 0.635. The summed E-state index contributed by atoms with van der Waals surface area (Å²) >= 11 is 0. The first-order valence-electron chi connectivity index (χ1n) is 10.3. The maximum absolute atomic E-state index is 13.4. The van der Waals surface area contributed by atoms with E-state index >= 15 is 0 Å². The van der Waals surface area contributed by atoms with Crippen LogP contribution in [0, 0.1) is 5.82 Å². The molecule has 1 fully saturated rings. The zero-order valence-corrected chi connectivity index (χ0v) is 16.9.